The normalized spacial score (nSPS) is 13.5. The predicted molar refractivity (Wildman–Crippen MR) is 138 cm³/mol. The van der Waals surface area contributed by atoms with Gasteiger partial charge < -0.3 is 19.6 Å². The fraction of sp³-hybridized carbons (Fsp3) is 0.241. The first-order chi connectivity index (χ1) is 19.5. The van der Waals surface area contributed by atoms with Crippen molar-refractivity contribution >= 4 is 34.8 Å². The van der Waals surface area contributed by atoms with Crippen LogP contribution in [0.3, 0.4) is 0 Å². The second-order valence-electron chi connectivity index (χ2n) is 9.40. The summed E-state index contributed by atoms with van der Waals surface area (Å²) in [6.07, 6.45) is -1.46. The number of carbonyl (C=O) groups is 4. The summed E-state index contributed by atoms with van der Waals surface area (Å²) in [5, 5.41) is 9.24. The lowest BCUT2D eigenvalue weighted by Gasteiger charge is -2.37. The molecule has 0 radical (unpaired) electrons. The summed E-state index contributed by atoms with van der Waals surface area (Å²) in [5.41, 5.74) is 2.12. The first kappa shape index (κ1) is 29.2. The van der Waals surface area contributed by atoms with E-state index >= 15 is 0 Å². The van der Waals surface area contributed by atoms with Crippen molar-refractivity contribution in [3.8, 4) is 5.75 Å². The molecule has 1 atom stereocenters. The number of halogens is 4. The highest BCUT2D eigenvalue weighted by molar-refractivity contribution is 6.07. The van der Waals surface area contributed by atoms with Crippen LogP contribution in [0.2, 0.25) is 0 Å². The van der Waals surface area contributed by atoms with Crippen LogP contribution in [0, 0.1) is 29.2 Å². The Morgan fingerprint density at radius 2 is 1.49 bits per heavy atom. The van der Waals surface area contributed by atoms with Crippen molar-refractivity contribution in [1.82, 2.24) is 0 Å². The average Bonchev–Trinajstić information content (AvgIpc) is 2.94. The highest BCUT2D eigenvalue weighted by Gasteiger charge is 2.32. The molecule has 1 aliphatic rings. The molecule has 1 amide bonds. The molecule has 0 unspecified atom stereocenters. The van der Waals surface area contributed by atoms with Crippen molar-refractivity contribution in [1.29, 1.82) is 0 Å². The standard InChI is InChI=1S/C29H24F4N2O6/c30-20-12-21(31)28(33)29(27(20)32)41-16-24(37)18(11-26(39)40)10-19(36)14-35-23-9-5-4-8-22(23)34(15-25(35)38)13-17-6-2-1-3-7-17/h1-9,12,18H,10-11,13-16H2,(H,39,40)/t18-/m0/s1. The number of hydrogen-bond acceptors (Lipinski definition) is 6. The molecule has 0 saturated heterocycles. The Kier molecular flexibility index (Phi) is 9.00. The number of Topliss-reactive ketones (excluding diaryl/α,β-unsaturated/α-hetero) is 2. The molecule has 214 valence electrons. The number of carbonyl (C=O) groups excluding carboxylic acids is 3. The molecule has 41 heavy (non-hydrogen) atoms. The topological polar surface area (TPSA) is 104 Å². The molecule has 0 fully saturated rings. The van der Waals surface area contributed by atoms with E-state index in [9.17, 15) is 41.8 Å². The molecule has 1 aliphatic heterocycles. The maximum Gasteiger partial charge on any atom is 0.304 e. The number of para-hydroxylation sites is 2. The number of nitrogens with zero attached hydrogens (tertiary/aromatic N) is 2. The van der Waals surface area contributed by atoms with Crippen LogP contribution in [0.25, 0.3) is 0 Å². The number of ether oxygens (including phenoxy) is 1. The maximum atomic E-state index is 13.9. The highest BCUT2D eigenvalue weighted by Crippen LogP contribution is 2.34. The van der Waals surface area contributed by atoms with E-state index in [-0.39, 0.29) is 12.6 Å². The minimum atomic E-state index is -1.87. The molecular formula is C29H24F4N2O6. The van der Waals surface area contributed by atoms with Gasteiger partial charge in [0.25, 0.3) is 0 Å². The van der Waals surface area contributed by atoms with Crippen molar-refractivity contribution in [3.63, 3.8) is 0 Å². The third kappa shape index (κ3) is 6.89. The number of rotatable bonds is 12. The Morgan fingerprint density at radius 1 is 0.878 bits per heavy atom. The Balaban J connectivity index is 1.46. The van der Waals surface area contributed by atoms with Crippen LogP contribution in [0.5, 0.6) is 5.75 Å². The summed E-state index contributed by atoms with van der Waals surface area (Å²) in [5.74, 6) is -13.7. The lowest BCUT2D eigenvalue weighted by atomic mass is 9.94. The van der Waals surface area contributed by atoms with E-state index < -0.39 is 84.4 Å². The van der Waals surface area contributed by atoms with E-state index in [1.54, 1.807) is 24.3 Å². The number of aliphatic carboxylic acids is 1. The van der Waals surface area contributed by atoms with Gasteiger partial charge in [0.15, 0.2) is 29.0 Å². The Bertz CT molecular complexity index is 1460. The van der Waals surface area contributed by atoms with Gasteiger partial charge in [-0.3, -0.25) is 19.2 Å². The summed E-state index contributed by atoms with van der Waals surface area (Å²) in [7, 11) is 0. The van der Waals surface area contributed by atoms with Crippen molar-refractivity contribution in [2.24, 2.45) is 5.92 Å². The molecule has 4 rings (SSSR count). The summed E-state index contributed by atoms with van der Waals surface area (Å²) < 4.78 is 59.3. The van der Waals surface area contributed by atoms with Crippen LogP contribution in [-0.4, -0.2) is 48.2 Å². The average molecular weight is 573 g/mol. The summed E-state index contributed by atoms with van der Waals surface area (Å²) in [6, 6.07) is 16.4. The van der Waals surface area contributed by atoms with Crippen molar-refractivity contribution in [2.75, 3.05) is 29.5 Å². The molecule has 12 heteroatoms. The fourth-order valence-electron chi connectivity index (χ4n) is 4.51. The Hall–Kier alpha value is -4.74. The van der Waals surface area contributed by atoms with Crippen LogP contribution < -0.4 is 14.5 Å². The number of ketones is 2. The minimum Gasteiger partial charge on any atom is -0.481 e. The Labute approximate surface area is 231 Å². The number of benzene rings is 3. The number of hydrogen-bond donors (Lipinski definition) is 1. The quantitative estimate of drug-likeness (QED) is 0.255. The third-order valence-electron chi connectivity index (χ3n) is 6.47. The van der Waals surface area contributed by atoms with Gasteiger partial charge in [0.05, 0.1) is 30.9 Å². The second-order valence-corrected chi connectivity index (χ2v) is 9.40. The minimum absolute atomic E-state index is 0.0355. The molecule has 0 bridgehead atoms. The fourth-order valence-corrected chi connectivity index (χ4v) is 4.51. The van der Waals surface area contributed by atoms with Gasteiger partial charge in [-0.2, -0.15) is 8.78 Å². The first-order valence-corrected chi connectivity index (χ1v) is 12.5. The molecule has 1 N–H and O–H groups in total. The van der Waals surface area contributed by atoms with Gasteiger partial charge in [0, 0.05) is 24.9 Å². The number of fused-ring (bicyclic) bond motifs is 1. The molecule has 0 spiro atoms. The zero-order valence-electron chi connectivity index (χ0n) is 21.5. The largest absolute Gasteiger partial charge is 0.481 e. The van der Waals surface area contributed by atoms with Gasteiger partial charge in [-0.05, 0) is 17.7 Å². The summed E-state index contributed by atoms with van der Waals surface area (Å²) in [6.45, 7) is -1.21. The van der Waals surface area contributed by atoms with E-state index in [2.05, 4.69) is 4.74 Å². The number of anilines is 2. The molecule has 1 heterocycles. The van der Waals surface area contributed by atoms with Crippen molar-refractivity contribution < 1.29 is 46.6 Å². The molecule has 0 aliphatic carbocycles. The van der Waals surface area contributed by atoms with E-state index in [0.29, 0.717) is 17.9 Å². The van der Waals surface area contributed by atoms with Crippen LogP contribution in [0.1, 0.15) is 18.4 Å². The highest BCUT2D eigenvalue weighted by atomic mass is 19.2. The van der Waals surface area contributed by atoms with Gasteiger partial charge in [-0.25, -0.2) is 8.78 Å². The van der Waals surface area contributed by atoms with E-state index in [1.165, 1.54) is 4.90 Å². The zero-order chi connectivity index (χ0) is 29.7. The number of carboxylic acid groups (broad SMARTS) is 1. The van der Waals surface area contributed by atoms with Crippen LogP contribution in [0.15, 0.2) is 60.7 Å². The first-order valence-electron chi connectivity index (χ1n) is 12.5. The maximum absolute atomic E-state index is 13.9. The van der Waals surface area contributed by atoms with E-state index in [4.69, 9.17) is 0 Å². The lowest BCUT2D eigenvalue weighted by Crippen LogP contribution is -2.47. The van der Waals surface area contributed by atoms with Crippen molar-refractivity contribution in [3.05, 3.63) is 89.5 Å². The van der Waals surface area contributed by atoms with Gasteiger partial charge in [0.2, 0.25) is 17.5 Å². The molecule has 3 aromatic carbocycles. The zero-order valence-corrected chi connectivity index (χ0v) is 21.5. The van der Waals surface area contributed by atoms with Gasteiger partial charge in [0.1, 0.15) is 6.61 Å². The number of carboxylic acids is 1. The smallest absolute Gasteiger partial charge is 0.304 e. The van der Waals surface area contributed by atoms with E-state index in [0.717, 1.165) is 5.56 Å². The summed E-state index contributed by atoms with van der Waals surface area (Å²) >= 11 is 0. The molecular weight excluding hydrogens is 548 g/mol. The van der Waals surface area contributed by atoms with Gasteiger partial charge in [-0.15, -0.1) is 0 Å². The van der Waals surface area contributed by atoms with Crippen LogP contribution in [-0.2, 0) is 25.7 Å². The second kappa shape index (κ2) is 12.6. The van der Waals surface area contributed by atoms with Crippen LogP contribution in [0.4, 0.5) is 28.9 Å². The monoisotopic (exact) mass is 572 g/mol. The lowest BCUT2D eigenvalue weighted by molar-refractivity contribution is -0.141. The summed E-state index contributed by atoms with van der Waals surface area (Å²) in [4.78, 5) is 53.2. The molecule has 8 nitrogen and oxygen atoms in total. The molecule has 0 saturated carbocycles. The molecule has 3 aromatic rings. The van der Waals surface area contributed by atoms with Crippen molar-refractivity contribution in [2.45, 2.75) is 19.4 Å². The Morgan fingerprint density at radius 3 is 2.12 bits per heavy atom. The number of amides is 1. The third-order valence-corrected chi connectivity index (χ3v) is 6.47. The molecule has 0 aromatic heterocycles. The SMILES string of the molecule is O=C(O)C[C@H](CC(=O)CN1C(=O)CN(Cc2ccccc2)c2ccccc21)C(=O)COc1c(F)c(F)cc(F)c1F. The van der Waals surface area contributed by atoms with Crippen LogP contribution >= 0.6 is 0 Å². The van der Waals surface area contributed by atoms with E-state index in [1.807, 2.05) is 35.2 Å². The van der Waals surface area contributed by atoms with Gasteiger partial charge in [-0.1, -0.05) is 42.5 Å². The van der Waals surface area contributed by atoms with Gasteiger partial charge >= 0.3 is 5.97 Å². The predicted octanol–water partition coefficient (Wildman–Crippen LogP) is 4.29.